The average molecular weight is 448 g/mol. The first-order valence-corrected chi connectivity index (χ1v) is 10.6. The fourth-order valence-electron chi connectivity index (χ4n) is 3.51. The number of rotatable bonds is 9. The van der Waals surface area contributed by atoms with Crippen LogP contribution in [0.1, 0.15) is 18.1 Å². The summed E-state index contributed by atoms with van der Waals surface area (Å²) in [4.78, 5) is 36.6. The molecule has 33 heavy (non-hydrogen) atoms. The van der Waals surface area contributed by atoms with Crippen molar-refractivity contribution in [1.82, 2.24) is 10.6 Å². The van der Waals surface area contributed by atoms with Crippen LogP contribution in [0.25, 0.3) is 11.1 Å². The topological polar surface area (TPSA) is 101 Å². The van der Waals surface area contributed by atoms with Gasteiger partial charge in [-0.2, -0.15) is 0 Å². The van der Waals surface area contributed by atoms with E-state index in [0.29, 0.717) is 5.56 Å². The lowest BCUT2D eigenvalue weighted by Gasteiger charge is -2.22. The van der Waals surface area contributed by atoms with Crippen LogP contribution in [0.3, 0.4) is 0 Å². The molecule has 0 unspecified atom stereocenters. The Balaban J connectivity index is 1.70. The summed E-state index contributed by atoms with van der Waals surface area (Å²) in [5.74, 6) is -2.02. The second-order valence-electron chi connectivity index (χ2n) is 7.81. The van der Waals surface area contributed by atoms with Gasteiger partial charge in [0, 0.05) is 19.8 Å². The fraction of sp³-hybridized carbons (Fsp3) is 0.192. The normalized spacial score (nSPS) is 12.4. The summed E-state index contributed by atoms with van der Waals surface area (Å²) in [5.41, 5.74) is 9.14. The van der Waals surface area contributed by atoms with E-state index in [-0.39, 0.29) is 12.8 Å². The van der Waals surface area contributed by atoms with Gasteiger partial charge >= 0.3 is 0 Å². The molecular formula is C26H26FN3O3. The van der Waals surface area contributed by atoms with Crippen molar-refractivity contribution in [1.29, 1.82) is 0 Å². The summed E-state index contributed by atoms with van der Waals surface area (Å²) in [6, 6.07) is 21.3. The molecule has 0 spiro atoms. The van der Waals surface area contributed by atoms with E-state index in [2.05, 4.69) is 10.6 Å². The van der Waals surface area contributed by atoms with Crippen molar-refractivity contribution in [2.45, 2.75) is 31.8 Å². The zero-order valence-electron chi connectivity index (χ0n) is 18.3. The number of hydrogen-bond donors (Lipinski definition) is 3. The molecule has 3 amide bonds. The standard InChI is InChI=1S/C26H26FN3O3/c1-17(31)29-24(16-19-9-13-22(27)14-10-19)26(33)30-23(25(28)32)15-18-7-11-21(12-8-18)20-5-3-2-4-6-20/h2-14,23-24H,15-16H2,1H3,(H2,28,32)(H,29,31)(H,30,33)/t23-,24+/m1/s1. The SMILES string of the molecule is CC(=O)N[C@@H](Cc1ccc(F)cc1)C(=O)N[C@H](Cc1ccc(-c2ccccc2)cc1)C(N)=O. The van der Waals surface area contributed by atoms with Crippen molar-refractivity contribution in [2.24, 2.45) is 5.73 Å². The second kappa shape index (κ2) is 11.0. The van der Waals surface area contributed by atoms with E-state index in [0.717, 1.165) is 16.7 Å². The number of nitrogens with two attached hydrogens (primary N) is 1. The Bertz CT molecular complexity index is 1100. The van der Waals surface area contributed by atoms with Crippen LogP contribution in [0.15, 0.2) is 78.9 Å². The predicted molar refractivity (Wildman–Crippen MR) is 124 cm³/mol. The van der Waals surface area contributed by atoms with E-state index in [4.69, 9.17) is 5.73 Å². The first-order valence-electron chi connectivity index (χ1n) is 10.6. The zero-order valence-corrected chi connectivity index (χ0v) is 18.3. The Morgan fingerprint density at radius 1 is 0.758 bits per heavy atom. The molecule has 0 aliphatic carbocycles. The summed E-state index contributed by atoms with van der Waals surface area (Å²) in [6.07, 6.45) is 0.350. The molecule has 6 nitrogen and oxygen atoms in total. The number of nitrogens with one attached hydrogen (secondary N) is 2. The molecule has 0 saturated heterocycles. The maximum Gasteiger partial charge on any atom is 0.243 e. The minimum atomic E-state index is -0.954. The van der Waals surface area contributed by atoms with E-state index in [1.165, 1.54) is 31.2 Å². The van der Waals surface area contributed by atoms with Gasteiger partial charge in [-0.1, -0.05) is 66.7 Å². The lowest BCUT2D eigenvalue weighted by atomic mass is 9.99. The van der Waals surface area contributed by atoms with Gasteiger partial charge in [-0.15, -0.1) is 0 Å². The van der Waals surface area contributed by atoms with Gasteiger partial charge in [0.15, 0.2) is 0 Å². The van der Waals surface area contributed by atoms with Crippen molar-refractivity contribution in [3.8, 4) is 11.1 Å². The number of halogens is 1. The number of benzene rings is 3. The van der Waals surface area contributed by atoms with Crippen LogP contribution in [-0.4, -0.2) is 29.8 Å². The van der Waals surface area contributed by atoms with Crippen molar-refractivity contribution < 1.29 is 18.8 Å². The number of carbonyl (C=O) groups is 3. The van der Waals surface area contributed by atoms with Gasteiger partial charge in [0.25, 0.3) is 0 Å². The smallest absolute Gasteiger partial charge is 0.243 e. The summed E-state index contributed by atoms with van der Waals surface area (Å²) in [7, 11) is 0. The Kier molecular flexibility index (Phi) is 7.91. The molecule has 0 fully saturated rings. The summed E-state index contributed by atoms with van der Waals surface area (Å²) in [6.45, 7) is 1.30. The summed E-state index contributed by atoms with van der Waals surface area (Å²) < 4.78 is 13.2. The molecule has 4 N–H and O–H groups in total. The Morgan fingerprint density at radius 2 is 1.27 bits per heavy atom. The number of primary amides is 1. The Labute approximate surface area is 192 Å². The highest BCUT2D eigenvalue weighted by atomic mass is 19.1. The van der Waals surface area contributed by atoms with Crippen molar-refractivity contribution in [3.63, 3.8) is 0 Å². The Hall–Kier alpha value is -4.00. The maximum atomic E-state index is 13.2. The molecule has 7 heteroatoms. The highest BCUT2D eigenvalue weighted by Crippen LogP contribution is 2.19. The van der Waals surface area contributed by atoms with Crippen LogP contribution in [-0.2, 0) is 27.2 Å². The minimum absolute atomic E-state index is 0.142. The molecule has 170 valence electrons. The zero-order chi connectivity index (χ0) is 23.8. The van der Waals surface area contributed by atoms with Gasteiger partial charge in [-0.3, -0.25) is 14.4 Å². The van der Waals surface area contributed by atoms with E-state index < -0.39 is 35.6 Å². The van der Waals surface area contributed by atoms with Crippen LogP contribution in [0.2, 0.25) is 0 Å². The van der Waals surface area contributed by atoms with E-state index in [1.54, 1.807) is 0 Å². The van der Waals surface area contributed by atoms with Crippen LogP contribution < -0.4 is 16.4 Å². The Morgan fingerprint density at radius 3 is 1.82 bits per heavy atom. The second-order valence-corrected chi connectivity index (χ2v) is 7.81. The third kappa shape index (κ3) is 7.00. The van der Waals surface area contributed by atoms with Gasteiger partial charge in [0.05, 0.1) is 0 Å². The molecule has 3 aromatic rings. The molecule has 3 rings (SSSR count). The van der Waals surface area contributed by atoms with Gasteiger partial charge in [0.2, 0.25) is 17.7 Å². The number of carbonyl (C=O) groups excluding carboxylic acids is 3. The van der Waals surface area contributed by atoms with Crippen LogP contribution in [0.4, 0.5) is 4.39 Å². The lowest BCUT2D eigenvalue weighted by Crippen LogP contribution is -2.54. The van der Waals surface area contributed by atoms with Crippen molar-refractivity contribution in [3.05, 3.63) is 95.8 Å². The molecule has 0 bridgehead atoms. The first kappa shape index (κ1) is 23.7. The van der Waals surface area contributed by atoms with E-state index in [9.17, 15) is 18.8 Å². The monoisotopic (exact) mass is 447 g/mol. The third-order valence-electron chi connectivity index (χ3n) is 5.21. The summed E-state index contributed by atoms with van der Waals surface area (Å²) >= 11 is 0. The molecule has 0 saturated carbocycles. The number of hydrogen-bond acceptors (Lipinski definition) is 3. The largest absolute Gasteiger partial charge is 0.368 e. The highest BCUT2D eigenvalue weighted by Gasteiger charge is 2.25. The molecule has 0 aliphatic heterocycles. The van der Waals surface area contributed by atoms with Gasteiger partial charge in [-0.05, 0) is 34.4 Å². The van der Waals surface area contributed by atoms with E-state index in [1.807, 2.05) is 54.6 Å². The summed E-state index contributed by atoms with van der Waals surface area (Å²) in [5, 5.41) is 5.23. The predicted octanol–water partition coefficient (Wildman–Crippen LogP) is 2.75. The van der Waals surface area contributed by atoms with Crippen molar-refractivity contribution in [2.75, 3.05) is 0 Å². The molecule has 3 aromatic carbocycles. The molecule has 0 aliphatic rings. The highest BCUT2D eigenvalue weighted by molar-refractivity contribution is 5.91. The van der Waals surface area contributed by atoms with E-state index >= 15 is 0 Å². The van der Waals surface area contributed by atoms with Gasteiger partial charge in [0.1, 0.15) is 17.9 Å². The van der Waals surface area contributed by atoms with Gasteiger partial charge in [-0.25, -0.2) is 4.39 Å². The molecular weight excluding hydrogens is 421 g/mol. The minimum Gasteiger partial charge on any atom is -0.368 e. The van der Waals surface area contributed by atoms with Crippen LogP contribution in [0, 0.1) is 5.82 Å². The van der Waals surface area contributed by atoms with Crippen LogP contribution >= 0.6 is 0 Å². The maximum absolute atomic E-state index is 13.2. The average Bonchev–Trinajstić information content (AvgIpc) is 2.80. The quantitative estimate of drug-likeness (QED) is 0.470. The van der Waals surface area contributed by atoms with Gasteiger partial charge < -0.3 is 16.4 Å². The van der Waals surface area contributed by atoms with Crippen LogP contribution in [0.5, 0.6) is 0 Å². The first-order chi connectivity index (χ1) is 15.8. The molecule has 0 heterocycles. The molecule has 0 radical (unpaired) electrons. The fourth-order valence-corrected chi connectivity index (χ4v) is 3.51. The lowest BCUT2D eigenvalue weighted by molar-refractivity contribution is -0.130. The van der Waals surface area contributed by atoms with Crippen molar-refractivity contribution >= 4 is 17.7 Å². The third-order valence-corrected chi connectivity index (χ3v) is 5.21. The molecule has 0 aromatic heterocycles. The number of amides is 3. The molecule has 2 atom stereocenters.